The number of carbonyl (C=O) groups is 2. The second-order valence-electron chi connectivity index (χ2n) is 8.54. The van der Waals surface area contributed by atoms with Crippen molar-refractivity contribution in [3.8, 4) is 11.5 Å². The van der Waals surface area contributed by atoms with E-state index in [1.54, 1.807) is 24.3 Å². The molecule has 0 unspecified atom stereocenters. The zero-order valence-corrected chi connectivity index (χ0v) is 21.9. The number of carbonyl (C=O) groups excluding carboxylic acids is 2. The molecule has 1 aromatic heterocycles. The zero-order chi connectivity index (χ0) is 24.9. The Morgan fingerprint density at radius 1 is 0.946 bits per heavy atom. The third-order valence-corrected chi connectivity index (χ3v) is 7.21. The van der Waals surface area contributed by atoms with Gasteiger partial charge >= 0.3 is 5.97 Å². The van der Waals surface area contributed by atoms with Crippen molar-refractivity contribution in [3.63, 3.8) is 0 Å². The summed E-state index contributed by atoms with van der Waals surface area (Å²) in [6, 6.07) is 26.7. The maximum Gasteiger partial charge on any atom is 0.341 e. The fraction of sp³-hybridized carbons (Fsp3) is 0.172. The molecule has 1 aliphatic heterocycles. The average Bonchev–Trinajstić information content (AvgIpc) is 3.26. The molecule has 1 N–H and O–H groups in total. The zero-order valence-electron chi connectivity index (χ0n) is 20.3. The molecule has 6 nitrogen and oxygen atoms in total. The summed E-state index contributed by atoms with van der Waals surface area (Å²) in [6.07, 6.45) is 0.722. The number of thiophene rings is 1. The number of para-hydroxylation sites is 1. The fourth-order valence-electron chi connectivity index (χ4n) is 4.34. The summed E-state index contributed by atoms with van der Waals surface area (Å²) < 4.78 is 10.9. The molecule has 0 spiro atoms. The van der Waals surface area contributed by atoms with Crippen molar-refractivity contribution >= 4 is 40.6 Å². The first-order valence-corrected chi connectivity index (χ1v) is 12.6. The highest BCUT2D eigenvalue weighted by molar-refractivity contribution is 7.17. The number of anilines is 1. The van der Waals surface area contributed by atoms with E-state index in [0.29, 0.717) is 27.6 Å². The predicted molar refractivity (Wildman–Crippen MR) is 148 cm³/mol. The van der Waals surface area contributed by atoms with Gasteiger partial charge in [0.25, 0.3) is 5.91 Å². The van der Waals surface area contributed by atoms with Crippen molar-refractivity contribution in [2.75, 3.05) is 19.0 Å². The number of esters is 1. The number of halogens is 1. The van der Waals surface area contributed by atoms with Crippen LogP contribution in [-0.4, -0.2) is 30.4 Å². The summed E-state index contributed by atoms with van der Waals surface area (Å²) in [5.41, 5.74) is 3.11. The SMILES string of the molecule is COC(=O)c1c(NC(=O)c2cccc(Oc3ccccc3)c2)sc2c1CCN(Cc1ccccc1)C2.Cl. The van der Waals surface area contributed by atoms with E-state index < -0.39 is 5.97 Å². The number of hydrogen-bond acceptors (Lipinski definition) is 6. The van der Waals surface area contributed by atoms with E-state index in [9.17, 15) is 9.59 Å². The summed E-state index contributed by atoms with van der Waals surface area (Å²) >= 11 is 1.44. The number of hydrogen-bond donors (Lipinski definition) is 1. The van der Waals surface area contributed by atoms with Gasteiger partial charge in [-0.1, -0.05) is 54.6 Å². The van der Waals surface area contributed by atoms with Crippen LogP contribution >= 0.6 is 23.7 Å². The largest absolute Gasteiger partial charge is 0.465 e. The Labute approximate surface area is 226 Å². The molecule has 0 bridgehead atoms. The van der Waals surface area contributed by atoms with Gasteiger partial charge in [-0.25, -0.2) is 4.79 Å². The van der Waals surface area contributed by atoms with E-state index in [2.05, 4.69) is 22.3 Å². The molecule has 37 heavy (non-hydrogen) atoms. The van der Waals surface area contributed by atoms with Gasteiger partial charge < -0.3 is 14.8 Å². The van der Waals surface area contributed by atoms with Crippen LogP contribution in [0.15, 0.2) is 84.9 Å². The molecular formula is C29H27ClN2O4S. The van der Waals surface area contributed by atoms with Crippen LogP contribution in [0.25, 0.3) is 0 Å². The molecule has 0 saturated heterocycles. The lowest BCUT2D eigenvalue weighted by Gasteiger charge is -2.27. The minimum atomic E-state index is -0.430. The minimum Gasteiger partial charge on any atom is -0.465 e. The van der Waals surface area contributed by atoms with Crippen LogP contribution in [0.1, 0.15) is 36.7 Å². The Kier molecular flexibility index (Phi) is 8.61. The van der Waals surface area contributed by atoms with Gasteiger partial charge in [0.05, 0.1) is 12.7 Å². The molecule has 0 saturated carbocycles. The van der Waals surface area contributed by atoms with E-state index >= 15 is 0 Å². The molecule has 3 aromatic carbocycles. The smallest absolute Gasteiger partial charge is 0.341 e. The molecule has 0 radical (unpaired) electrons. The van der Waals surface area contributed by atoms with E-state index in [4.69, 9.17) is 9.47 Å². The molecule has 1 amide bonds. The molecular weight excluding hydrogens is 508 g/mol. The van der Waals surface area contributed by atoms with Gasteiger partial charge in [-0.3, -0.25) is 9.69 Å². The number of fused-ring (bicyclic) bond motifs is 1. The number of methoxy groups -OCH3 is 1. The molecule has 0 atom stereocenters. The number of nitrogens with one attached hydrogen (secondary N) is 1. The van der Waals surface area contributed by atoms with Crippen LogP contribution in [0, 0.1) is 0 Å². The quantitative estimate of drug-likeness (QED) is 0.272. The fourth-order valence-corrected chi connectivity index (χ4v) is 5.61. The Morgan fingerprint density at radius 3 is 2.38 bits per heavy atom. The summed E-state index contributed by atoms with van der Waals surface area (Å²) in [4.78, 5) is 29.3. The van der Waals surface area contributed by atoms with Crippen molar-refractivity contribution in [2.24, 2.45) is 0 Å². The number of benzene rings is 3. The lowest BCUT2D eigenvalue weighted by Crippen LogP contribution is -2.29. The third kappa shape index (κ3) is 6.20. The van der Waals surface area contributed by atoms with Crippen LogP contribution < -0.4 is 10.1 Å². The van der Waals surface area contributed by atoms with Gasteiger partial charge in [-0.15, -0.1) is 23.7 Å². The van der Waals surface area contributed by atoms with Crippen molar-refractivity contribution in [3.05, 3.63) is 112 Å². The summed E-state index contributed by atoms with van der Waals surface area (Å²) in [5, 5.41) is 3.48. The molecule has 190 valence electrons. The highest BCUT2D eigenvalue weighted by Crippen LogP contribution is 2.38. The topological polar surface area (TPSA) is 67.9 Å². The van der Waals surface area contributed by atoms with Crippen LogP contribution in [0.3, 0.4) is 0 Å². The molecule has 8 heteroatoms. The predicted octanol–water partition coefficient (Wildman–Crippen LogP) is 6.56. The lowest BCUT2D eigenvalue weighted by atomic mass is 10.0. The summed E-state index contributed by atoms with van der Waals surface area (Å²) in [5.74, 6) is 0.511. The first-order valence-electron chi connectivity index (χ1n) is 11.7. The first-order chi connectivity index (χ1) is 17.6. The Bertz CT molecular complexity index is 1380. The highest BCUT2D eigenvalue weighted by atomic mass is 35.5. The van der Waals surface area contributed by atoms with E-state index in [1.807, 2.05) is 48.5 Å². The number of nitrogens with zero attached hydrogens (tertiary/aromatic N) is 1. The molecule has 2 heterocycles. The standard InChI is InChI=1S/C29H26N2O4S.ClH/c1-34-29(33)26-24-15-16-31(18-20-9-4-2-5-10-20)19-25(24)36-28(26)30-27(32)21-11-8-14-23(17-21)35-22-12-6-3-7-13-22;/h2-14,17H,15-16,18-19H2,1H3,(H,30,32);1H. The maximum atomic E-state index is 13.2. The van der Waals surface area contributed by atoms with Gasteiger partial charge in [-0.2, -0.15) is 0 Å². The number of amides is 1. The normalized spacial score (nSPS) is 12.7. The Morgan fingerprint density at radius 2 is 1.65 bits per heavy atom. The minimum absolute atomic E-state index is 0. The molecule has 5 rings (SSSR count). The van der Waals surface area contributed by atoms with Crippen LogP contribution in [0.2, 0.25) is 0 Å². The second-order valence-corrected chi connectivity index (χ2v) is 9.65. The van der Waals surface area contributed by atoms with Gasteiger partial charge in [0.15, 0.2) is 0 Å². The molecule has 1 aliphatic rings. The summed E-state index contributed by atoms with van der Waals surface area (Å²) in [7, 11) is 1.37. The monoisotopic (exact) mass is 534 g/mol. The van der Waals surface area contributed by atoms with Crippen molar-refractivity contribution in [1.82, 2.24) is 4.90 Å². The van der Waals surface area contributed by atoms with Crippen molar-refractivity contribution in [1.29, 1.82) is 0 Å². The average molecular weight is 535 g/mol. The molecule has 0 fully saturated rings. The van der Waals surface area contributed by atoms with Crippen LogP contribution in [-0.2, 0) is 24.2 Å². The molecule has 0 aliphatic carbocycles. The van der Waals surface area contributed by atoms with Gasteiger partial charge in [0, 0.05) is 30.1 Å². The molecule has 4 aromatic rings. The van der Waals surface area contributed by atoms with Crippen LogP contribution in [0.4, 0.5) is 5.00 Å². The van der Waals surface area contributed by atoms with Crippen molar-refractivity contribution in [2.45, 2.75) is 19.5 Å². The second kappa shape index (κ2) is 12.1. The van der Waals surface area contributed by atoms with Gasteiger partial charge in [0.1, 0.15) is 16.5 Å². The van der Waals surface area contributed by atoms with Crippen molar-refractivity contribution < 1.29 is 19.1 Å². The first kappa shape index (κ1) is 26.4. The van der Waals surface area contributed by atoms with E-state index in [0.717, 1.165) is 36.5 Å². The van der Waals surface area contributed by atoms with E-state index in [1.165, 1.54) is 24.0 Å². The lowest BCUT2D eigenvalue weighted by molar-refractivity contribution is 0.0600. The van der Waals surface area contributed by atoms with Crippen LogP contribution in [0.5, 0.6) is 11.5 Å². The Hall–Kier alpha value is -3.65. The number of rotatable bonds is 7. The highest BCUT2D eigenvalue weighted by Gasteiger charge is 2.29. The van der Waals surface area contributed by atoms with Gasteiger partial charge in [-0.05, 0) is 47.9 Å². The maximum absolute atomic E-state index is 13.2. The van der Waals surface area contributed by atoms with E-state index in [-0.39, 0.29) is 18.3 Å². The number of ether oxygens (including phenoxy) is 2. The van der Waals surface area contributed by atoms with Gasteiger partial charge in [0.2, 0.25) is 0 Å². The third-order valence-electron chi connectivity index (χ3n) is 6.08. The summed E-state index contributed by atoms with van der Waals surface area (Å²) in [6.45, 7) is 2.38. The Balaban J connectivity index is 0.00000320.